The zero-order valence-corrected chi connectivity index (χ0v) is 18.0. The third-order valence-corrected chi connectivity index (χ3v) is 7.42. The first kappa shape index (κ1) is 21.5. The molecule has 4 rings (SSSR count). The molecule has 0 radical (unpaired) electrons. The molecular weight excluding hydrogens is 418 g/mol. The molecule has 0 saturated carbocycles. The van der Waals surface area contributed by atoms with Gasteiger partial charge in [-0.2, -0.15) is 0 Å². The highest BCUT2D eigenvalue weighted by atomic mass is 32.2. The standard InChI is InChI=1S/C22H25N3O5S/c26-22(24-13-11-17-7-9-19(25(27)28)15-21(17)24)6-3-12-23-31(29,30)20-10-8-16-4-1-2-5-18(16)14-20/h7-10,14-15,23H,1-6,11-13H2. The molecule has 0 aromatic heterocycles. The van der Waals surface area contributed by atoms with Crippen molar-refractivity contribution in [3.05, 3.63) is 63.2 Å². The number of nitro benzene ring substituents is 1. The second-order valence-electron chi connectivity index (χ2n) is 8.00. The molecule has 2 aliphatic rings. The highest BCUT2D eigenvalue weighted by Gasteiger charge is 2.26. The van der Waals surface area contributed by atoms with Crippen molar-refractivity contribution in [2.75, 3.05) is 18.0 Å². The summed E-state index contributed by atoms with van der Waals surface area (Å²) in [5.74, 6) is -0.160. The largest absolute Gasteiger partial charge is 0.312 e. The molecule has 8 nitrogen and oxygen atoms in total. The van der Waals surface area contributed by atoms with Crippen LogP contribution in [-0.4, -0.2) is 32.3 Å². The van der Waals surface area contributed by atoms with Crippen LogP contribution in [0.2, 0.25) is 0 Å². The fourth-order valence-corrected chi connectivity index (χ4v) is 5.41. The number of carbonyl (C=O) groups is 1. The first-order valence-corrected chi connectivity index (χ1v) is 12.0. The number of carbonyl (C=O) groups excluding carboxylic acids is 1. The molecule has 0 atom stereocenters. The summed E-state index contributed by atoms with van der Waals surface area (Å²) < 4.78 is 27.8. The van der Waals surface area contributed by atoms with Gasteiger partial charge >= 0.3 is 0 Å². The number of nitrogens with zero attached hydrogens (tertiary/aromatic N) is 2. The van der Waals surface area contributed by atoms with Crippen LogP contribution in [0.25, 0.3) is 0 Å². The van der Waals surface area contributed by atoms with Crippen molar-refractivity contribution in [2.24, 2.45) is 0 Å². The molecule has 1 aliphatic heterocycles. The SMILES string of the molecule is O=C(CCCNS(=O)(=O)c1ccc2c(c1)CCCC2)N1CCc2ccc([N+](=O)[O-])cc21. The Hall–Kier alpha value is -2.78. The van der Waals surface area contributed by atoms with Gasteiger partial charge in [-0.05, 0) is 67.3 Å². The van der Waals surface area contributed by atoms with E-state index in [1.807, 2.05) is 6.07 Å². The van der Waals surface area contributed by atoms with Crippen LogP contribution < -0.4 is 9.62 Å². The van der Waals surface area contributed by atoms with E-state index in [-0.39, 0.29) is 29.5 Å². The number of amides is 1. The van der Waals surface area contributed by atoms with Crippen molar-refractivity contribution in [2.45, 2.75) is 49.8 Å². The minimum absolute atomic E-state index is 0.0451. The van der Waals surface area contributed by atoms with Crippen LogP contribution in [0.15, 0.2) is 41.3 Å². The first-order chi connectivity index (χ1) is 14.8. The van der Waals surface area contributed by atoms with Crippen molar-refractivity contribution >= 4 is 27.3 Å². The van der Waals surface area contributed by atoms with Gasteiger partial charge in [0.2, 0.25) is 15.9 Å². The van der Waals surface area contributed by atoms with E-state index in [4.69, 9.17) is 0 Å². The minimum Gasteiger partial charge on any atom is -0.312 e. The maximum atomic E-state index is 12.6. The Morgan fingerprint density at radius 2 is 1.77 bits per heavy atom. The number of hydrogen-bond donors (Lipinski definition) is 1. The smallest absolute Gasteiger partial charge is 0.271 e. The number of hydrogen-bond acceptors (Lipinski definition) is 5. The third-order valence-electron chi connectivity index (χ3n) is 5.97. The Kier molecular flexibility index (Phi) is 6.06. The molecule has 0 unspecified atom stereocenters. The van der Waals surface area contributed by atoms with E-state index in [0.717, 1.165) is 36.8 Å². The molecule has 0 saturated heterocycles. The van der Waals surface area contributed by atoms with Crippen LogP contribution >= 0.6 is 0 Å². The van der Waals surface area contributed by atoms with Gasteiger partial charge in [0, 0.05) is 31.6 Å². The molecule has 0 fully saturated rings. The summed E-state index contributed by atoms with van der Waals surface area (Å²) in [5, 5.41) is 11.0. The van der Waals surface area contributed by atoms with Crippen molar-refractivity contribution in [3.63, 3.8) is 0 Å². The summed E-state index contributed by atoms with van der Waals surface area (Å²) in [6.07, 6.45) is 5.29. The summed E-state index contributed by atoms with van der Waals surface area (Å²) in [5.41, 5.74) is 3.77. The summed E-state index contributed by atoms with van der Waals surface area (Å²) in [4.78, 5) is 25.0. The average molecular weight is 444 g/mol. The van der Waals surface area contributed by atoms with Gasteiger partial charge in [-0.3, -0.25) is 14.9 Å². The van der Waals surface area contributed by atoms with E-state index in [2.05, 4.69) is 4.72 Å². The van der Waals surface area contributed by atoms with Gasteiger partial charge < -0.3 is 4.90 Å². The molecular formula is C22H25N3O5S. The average Bonchev–Trinajstić information content (AvgIpc) is 3.19. The van der Waals surface area contributed by atoms with Gasteiger partial charge in [-0.25, -0.2) is 13.1 Å². The lowest BCUT2D eigenvalue weighted by atomic mass is 9.92. The lowest BCUT2D eigenvalue weighted by Crippen LogP contribution is -2.30. The first-order valence-electron chi connectivity index (χ1n) is 10.5. The topological polar surface area (TPSA) is 110 Å². The van der Waals surface area contributed by atoms with Crippen LogP contribution in [0.4, 0.5) is 11.4 Å². The highest BCUT2D eigenvalue weighted by Crippen LogP contribution is 2.32. The maximum absolute atomic E-state index is 12.6. The molecule has 9 heteroatoms. The normalized spacial score (nSPS) is 15.4. The molecule has 1 N–H and O–H groups in total. The summed E-state index contributed by atoms with van der Waals surface area (Å²) >= 11 is 0. The lowest BCUT2D eigenvalue weighted by molar-refractivity contribution is -0.384. The summed E-state index contributed by atoms with van der Waals surface area (Å²) in [7, 11) is -3.62. The van der Waals surface area contributed by atoms with Gasteiger partial charge in [0.25, 0.3) is 5.69 Å². The fraction of sp³-hybridized carbons (Fsp3) is 0.409. The summed E-state index contributed by atoms with van der Waals surface area (Å²) in [6.45, 7) is 0.636. The van der Waals surface area contributed by atoms with Crippen LogP contribution in [0.1, 0.15) is 42.4 Å². The van der Waals surface area contributed by atoms with Gasteiger partial charge in [0.1, 0.15) is 0 Å². The predicted molar refractivity (Wildman–Crippen MR) is 117 cm³/mol. The monoisotopic (exact) mass is 443 g/mol. The maximum Gasteiger partial charge on any atom is 0.271 e. The predicted octanol–water partition coefficient (Wildman–Crippen LogP) is 3.12. The number of fused-ring (bicyclic) bond motifs is 2. The lowest BCUT2D eigenvalue weighted by Gasteiger charge is -2.18. The summed E-state index contributed by atoms with van der Waals surface area (Å²) in [6, 6.07) is 9.87. The van der Waals surface area contributed by atoms with E-state index in [1.165, 1.54) is 17.7 Å². The van der Waals surface area contributed by atoms with Crippen LogP contribution in [-0.2, 0) is 34.1 Å². The molecule has 0 spiro atoms. The van der Waals surface area contributed by atoms with Gasteiger partial charge in [0.15, 0.2) is 0 Å². The fourth-order valence-electron chi connectivity index (χ4n) is 4.28. The number of anilines is 1. The second kappa shape index (κ2) is 8.76. The van der Waals surface area contributed by atoms with Crippen LogP contribution in [0.3, 0.4) is 0 Å². The number of rotatable bonds is 7. The van der Waals surface area contributed by atoms with Gasteiger partial charge in [0.05, 0.1) is 15.5 Å². The Morgan fingerprint density at radius 1 is 1.03 bits per heavy atom. The van der Waals surface area contributed by atoms with E-state index in [0.29, 0.717) is 25.1 Å². The molecule has 31 heavy (non-hydrogen) atoms. The van der Waals surface area contributed by atoms with Gasteiger partial charge in [-0.1, -0.05) is 12.1 Å². The van der Waals surface area contributed by atoms with Crippen molar-refractivity contribution in [3.8, 4) is 0 Å². The molecule has 1 heterocycles. The van der Waals surface area contributed by atoms with E-state index < -0.39 is 14.9 Å². The van der Waals surface area contributed by atoms with Crippen molar-refractivity contribution < 1.29 is 18.1 Å². The zero-order valence-electron chi connectivity index (χ0n) is 17.2. The quantitative estimate of drug-likeness (QED) is 0.402. The number of benzene rings is 2. The van der Waals surface area contributed by atoms with E-state index >= 15 is 0 Å². The molecule has 2 aromatic rings. The van der Waals surface area contributed by atoms with Crippen molar-refractivity contribution in [1.29, 1.82) is 0 Å². The number of nitrogens with one attached hydrogen (secondary N) is 1. The van der Waals surface area contributed by atoms with Crippen LogP contribution in [0.5, 0.6) is 0 Å². The number of sulfonamides is 1. The molecule has 2 aromatic carbocycles. The Morgan fingerprint density at radius 3 is 2.55 bits per heavy atom. The number of nitro groups is 1. The molecule has 1 aliphatic carbocycles. The highest BCUT2D eigenvalue weighted by molar-refractivity contribution is 7.89. The number of non-ortho nitro benzene ring substituents is 1. The minimum atomic E-state index is -3.62. The van der Waals surface area contributed by atoms with Crippen molar-refractivity contribution in [1.82, 2.24) is 4.72 Å². The molecule has 164 valence electrons. The Bertz CT molecular complexity index is 1130. The zero-order chi connectivity index (χ0) is 22.0. The molecule has 0 bridgehead atoms. The number of aryl methyl sites for hydroxylation is 2. The van der Waals surface area contributed by atoms with Crippen LogP contribution in [0, 0.1) is 10.1 Å². The Labute approximate surface area is 181 Å². The third kappa shape index (κ3) is 4.62. The van der Waals surface area contributed by atoms with Gasteiger partial charge in [-0.15, -0.1) is 0 Å². The van der Waals surface area contributed by atoms with E-state index in [9.17, 15) is 23.3 Å². The second-order valence-corrected chi connectivity index (χ2v) is 9.77. The Balaban J connectivity index is 1.33. The van der Waals surface area contributed by atoms with E-state index in [1.54, 1.807) is 23.1 Å². The molecule has 1 amide bonds.